The van der Waals surface area contributed by atoms with Crippen molar-refractivity contribution in [1.82, 2.24) is 10.3 Å². The number of pyridine rings is 1. The number of hydrogen-bond donors (Lipinski definition) is 3. The smallest absolute Gasteiger partial charge is 0.288 e. The van der Waals surface area contributed by atoms with Crippen LogP contribution in [0.3, 0.4) is 0 Å². The number of hydrogen-bond acceptors (Lipinski definition) is 6. The zero-order valence-electron chi connectivity index (χ0n) is 10.9. The van der Waals surface area contributed by atoms with E-state index in [1.165, 1.54) is 0 Å². The molecule has 20 heavy (non-hydrogen) atoms. The second-order valence-corrected chi connectivity index (χ2v) is 3.92. The molecular formula is C11H15N5O4. The molecule has 4 N–H and O–H groups in total. The summed E-state index contributed by atoms with van der Waals surface area (Å²) in [5.74, 6) is -0.717. The van der Waals surface area contributed by atoms with E-state index in [4.69, 9.17) is 5.73 Å². The maximum atomic E-state index is 11.9. The van der Waals surface area contributed by atoms with Crippen molar-refractivity contribution in [1.29, 1.82) is 0 Å². The Labute approximate surface area is 114 Å². The van der Waals surface area contributed by atoms with Gasteiger partial charge < -0.3 is 16.4 Å². The first-order valence-electron chi connectivity index (χ1n) is 5.84. The molecule has 0 aliphatic rings. The van der Waals surface area contributed by atoms with E-state index >= 15 is 0 Å². The van der Waals surface area contributed by atoms with E-state index in [0.29, 0.717) is 6.42 Å². The summed E-state index contributed by atoms with van der Waals surface area (Å²) in [6.07, 6.45) is 1.63. The monoisotopic (exact) mass is 281 g/mol. The van der Waals surface area contributed by atoms with E-state index in [-0.39, 0.29) is 30.0 Å². The molecule has 0 radical (unpaired) electrons. The molecule has 0 aromatic carbocycles. The predicted molar refractivity (Wildman–Crippen MR) is 71.2 cm³/mol. The van der Waals surface area contributed by atoms with Gasteiger partial charge in [0.15, 0.2) is 0 Å². The number of nitrogens with two attached hydrogens (primary N) is 1. The highest BCUT2D eigenvalue weighted by molar-refractivity contribution is 5.99. The first-order chi connectivity index (χ1) is 9.45. The van der Waals surface area contributed by atoms with Gasteiger partial charge in [0.1, 0.15) is 12.0 Å². The Hall–Kier alpha value is -2.71. The van der Waals surface area contributed by atoms with Gasteiger partial charge in [-0.2, -0.15) is 0 Å². The van der Waals surface area contributed by atoms with E-state index in [0.717, 1.165) is 12.3 Å². The molecule has 1 aromatic heterocycles. The first-order valence-corrected chi connectivity index (χ1v) is 5.84. The number of primary amides is 1. The fraction of sp³-hybridized carbons (Fsp3) is 0.364. The van der Waals surface area contributed by atoms with Crippen molar-refractivity contribution in [2.45, 2.75) is 12.8 Å². The van der Waals surface area contributed by atoms with Crippen LogP contribution in [0.1, 0.15) is 23.2 Å². The standard InChI is InChI=1S/C11H15N5O4/c1-13-10-8(5-7(6-15-10)16(19)20)11(18)14-4-2-3-9(12)17/h5-6H,2-4H2,1H3,(H2,12,17)(H,13,15)(H,14,18). The van der Waals surface area contributed by atoms with E-state index < -0.39 is 16.7 Å². The second kappa shape index (κ2) is 7.02. The quantitative estimate of drug-likeness (QED) is 0.366. The molecule has 108 valence electrons. The van der Waals surface area contributed by atoms with Crippen molar-refractivity contribution >= 4 is 23.3 Å². The van der Waals surface area contributed by atoms with Crippen molar-refractivity contribution in [3.8, 4) is 0 Å². The fourth-order valence-electron chi connectivity index (χ4n) is 1.49. The minimum absolute atomic E-state index is 0.0702. The van der Waals surface area contributed by atoms with Crippen LogP contribution in [0.25, 0.3) is 0 Å². The van der Waals surface area contributed by atoms with Crippen molar-refractivity contribution in [3.05, 3.63) is 27.9 Å². The summed E-state index contributed by atoms with van der Waals surface area (Å²) in [5, 5.41) is 15.9. The largest absolute Gasteiger partial charge is 0.372 e. The van der Waals surface area contributed by atoms with Crippen LogP contribution in [0.5, 0.6) is 0 Å². The van der Waals surface area contributed by atoms with Crippen molar-refractivity contribution in [2.75, 3.05) is 18.9 Å². The van der Waals surface area contributed by atoms with Gasteiger partial charge in [-0.3, -0.25) is 19.7 Å². The molecule has 0 spiro atoms. The molecule has 2 amide bonds. The van der Waals surface area contributed by atoms with Crippen LogP contribution >= 0.6 is 0 Å². The van der Waals surface area contributed by atoms with E-state index in [1.54, 1.807) is 7.05 Å². The Morgan fingerprint density at radius 2 is 2.20 bits per heavy atom. The van der Waals surface area contributed by atoms with Crippen LogP contribution in [0, 0.1) is 10.1 Å². The Bertz CT molecular complexity index is 532. The van der Waals surface area contributed by atoms with Crippen LogP contribution in [0.15, 0.2) is 12.3 Å². The van der Waals surface area contributed by atoms with Gasteiger partial charge in [0.2, 0.25) is 5.91 Å². The number of rotatable bonds is 7. The number of aromatic nitrogens is 1. The van der Waals surface area contributed by atoms with E-state index in [2.05, 4.69) is 15.6 Å². The zero-order chi connectivity index (χ0) is 15.1. The van der Waals surface area contributed by atoms with Crippen LogP contribution in [0.2, 0.25) is 0 Å². The molecule has 0 saturated carbocycles. The van der Waals surface area contributed by atoms with Crippen LogP contribution < -0.4 is 16.4 Å². The lowest BCUT2D eigenvalue weighted by molar-refractivity contribution is -0.385. The highest BCUT2D eigenvalue weighted by Crippen LogP contribution is 2.18. The molecule has 0 aliphatic heterocycles. The molecule has 1 aromatic rings. The lowest BCUT2D eigenvalue weighted by atomic mass is 10.2. The molecule has 0 saturated heterocycles. The normalized spacial score (nSPS) is 9.85. The van der Waals surface area contributed by atoms with Crippen molar-refractivity contribution < 1.29 is 14.5 Å². The first kappa shape index (κ1) is 15.3. The van der Waals surface area contributed by atoms with Crippen molar-refractivity contribution in [2.24, 2.45) is 5.73 Å². The highest BCUT2D eigenvalue weighted by atomic mass is 16.6. The number of anilines is 1. The molecule has 9 heteroatoms. The molecule has 0 bridgehead atoms. The summed E-state index contributed by atoms with van der Waals surface area (Å²) in [5.41, 5.74) is 4.77. The van der Waals surface area contributed by atoms with Gasteiger partial charge in [0.25, 0.3) is 11.6 Å². The number of nitrogens with one attached hydrogen (secondary N) is 2. The van der Waals surface area contributed by atoms with E-state index in [9.17, 15) is 19.7 Å². The van der Waals surface area contributed by atoms with Gasteiger partial charge >= 0.3 is 0 Å². The third-order valence-corrected chi connectivity index (χ3v) is 2.45. The average molecular weight is 281 g/mol. The lowest BCUT2D eigenvalue weighted by Crippen LogP contribution is -2.26. The summed E-state index contributed by atoms with van der Waals surface area (Å²) < 4.78 is 0. The second-order valence-electron chi connectivity index (χ2n) is 3.92. The summed E-state index contributed by atoms with van der Waals surface area (Å²) in [6.45, 7) is 0.244. The minimum Gasteiger partial charge on any atom is -0.372 e. The summed E-state index contributed by atoms with van der Waals surface area (Å²) in [6, 6.07) is 1.14. The SMILES string of the molecule is CNc1ncc([N+](=O)[O-])cc1C(=O)NCCCC(N)=O. The maximum absolute atomic E-state index is 11.9. The fourth-order valence-corrected chi connectivity index (χ4v) is 1.49. The van der Waals surface area contributed by atoms with E-state index in [1.807, 2.05) is 0 Å². The molecule has 0 aliphatic carbocycles. The summed E-state index contributed by atoms with van der Waals surface area (Å²) in [7, 11) is 1.55. The maximum Gasteiger partial charge on any atom is 0.288 e. The van der Waals surface area contributed by atoms with Gasteiger partial charge in [-0.05, 0) is 6.42 Å². The Kier molecular flexibility index (Phi) is 5.39. The Morgan fingerprint density at radius 3 is 2.75 bits per heavy atom. The average Bonchev–Trinajstić information content (AvgIpc) is 2.42. The molecule has 1 heterocycles. The molecular weight excluding hydrogens is 266 g/mol. The Balaban J connectivity index is 2.77. The molecule has 0 atom stereocenters. The topological polar surface area (TPSA) is 140 Å². The molecule has 0 fully saturated rings. The van der Waals surface area contributed by atoms with Crippen LogP contribution in [-0.4, -0.2) is 35.3 Å². The number of nitrogens with zero attached hydrogens (tertiary/aromatic N) is 2. The lowest BCUT2D eigenvalue weighted by Gasteiger charge is -2.08. The number of nitro groups is 1. The zero-order valence-corrected chi connectivity index (χ0v) is 10.9. The predicted octanol–water partition coefficient (Wildman–Crippen LogP) is 0.0268. The van der Waals surface area contributed by atoms with Gasteiger partial charge in [-0.25, -0.2) is 4.98 Å². The molecule has 1 rings (SSSR count). The summed E-state index contributed by atoms with van der Waals surface area (Å²) in [4.78, 5) is 36.3. The number of carbonyl (C=O) groups excluding carboxylic acids is 2. The van der Waals surface area contributed by atoms with Gasteiger partial charge in [0, 0.05) is 26.1 Å². The number of amides is 2. The van der Waals surface area contributed by atoms with Crippen LogP contribution in [0.4, 0.5) is 11.5 Å². The van der Waals surface area contributed by atoms with Crippen molar-refractivity contribution in [3.63, 3.8) is 0 Å². The van der Waals surface area contributed by atoms with Gasteiger partial charge in [0.05, 0.1) is 10.5 Å². The Morgan fingerprint density at radius 1 is 1.50 bits per heavy atom. The highest BCUT2D eigenvalue weighted by Gasteiger charge is 2.17. The van der Waals surface area contributed by atoms with Crippen LogP contribution in [-0.2, 0) is 4.79 Å². The third kappa shape index (κ3) is 4.19. The minimum atomic E-state index is -0.629. The van der Waals surface area contributed by atoms with Gasteiger partial charge in [-0.1, -0.05) is 0 Å². The molecule has 0 unspecified atom stereocenters. The van der Waals surface area contributed by atoms with Gasteiger partial charge in [-0.15, -0.1) is 0 Å². The third-order valence-electron chi connectivity index (χ3n) is 2.45. The molecule has 9 nitrogen and oxygen atoms in total. The number of carbonyl (C=O) groups is 2. The summed E-state index contributed by atoms with van der Waals surface area (Å²) >= 11 is 0.